The minimum absolute atomic E-state index is 0.117. The zero-order chi connectivity index (χ0) is 9.31. The molecule has 1 aliphatic carbocycles. The highest BCUT2D eigenvalue weighted by molar-refractivity contribution is 7.07. The molecule has 0 aliphatic heterocycles. The molecule has 0 atom stereocenters. The molecule has 0 amide bonds. The lowest BCUT2D eigenvalue weighted by molar-refractivity contribution is 0.0818. The van der Waals surface area contributed by atoms with Crippen molar-refractivity contribution < 1.29 is 4.79 Å². The second-order valence-electron chi connectivity index (χ2n) is 3.97. The fraction of sp³-hybridized carbons (Fsp3) is 0.600. The molecule has 0 saturated heterocycles. The van der Waals surface area contributed by atoms with Gasteiger partial charge in [-0.3, -0.25) is 4.79 Å². The molecule has 1 saturated carbocycles. The van der Waals surface area contributed by atoms with Crippen LogP contribution >= 0.6 is 11.3 Å². The third-order valence-corrected chi connectivity index (χ3v) is 3.51. The average molecular weight is 195 g/mol. The first-order valence-electron chi connectivity index (χ1n) is 4.65. The van der Waals surface area contributed by atoms with E-state index >= 15 is 0 Å². The maximum atomic E-state index is 12.0. The summed E-state index contributed by atoms with van der Waals surface area (Å²) in [4.78, 5) is 16.0. The third kappa shape index (κ3) is 1.53. The Hall–Kier alpha value is -0.700. The SMILES string of the molecule is CC1(C(=O)c2cscn2)CCCC1. The van der Waals surface area contributed by atoms with Crippen molar-refractivity contribution in [3.8, 4) is 0 Å². The number of Topliss-reactive ketones (excluding diaryl/α,β-unsaturated/α-hetero) is 1. The molecule has 0 N–H and O–H groups in total. The number of hydrogen-bond acceptors (Lipinski definition) is 3. The molecule has 2 nitrogen and oxygen atoms in total. The van der Waals surface area contributed by atoms with Crippen LogP contribution in [0.4, 0.5) is 0 Å². The average Bonchev–Trinajstić information content (AvgIpc) is 2.73. The Bertz CT molecular complexity index is 299. The first-order chi connectivity index (χ1) is 6.22. The van der Waals surface area contributed by atoms with E-state index in [1.165, 1.54) is 24.2 Å². The van der Waals surface area contributed by atoms with Gasteiger partial charge in [-0.1, -0.05) is 19.8 Å². The standard InChI is InChI=1S/C10H13NOS/c1-10(4-2-3-5-10)9(12)8-6-13-7-11-8/h6-7H,2-5H2,1H3. The second-order valence-corrected chi connectivity index (χ2v) is 4.69. The van der Waals surface area contributed by atoms with E-state index < -0.39 is 0 Å². The molecule has 0 spiro atoms. The van der Waals surface area contributed by atoms with Crippen molar-refractivity contribution in [1.29, 1.82) is 0 Å². The Morgan fingerprint density at radius 3 is 2.77 bits per heavy atom. The second kappa shape index (κ2) is 3.22. The van der Waals surface area contributed by atoms with E-state index in [4.69, 9.17) is 0 Å². The summed E-state index contributed by atoms with van der Waals surface area (Å²) in [5.74, 6) is 0.242. The summed E-state index contributed by atoms with van der Waals surface area (Å²) in [7, 11) is 0. The predicted molar refractivity (Wildman–Crippen MR) is 53.0 cm³/mol. The van der Waals surface area contributed by atoms with Crippen LogP contribution in [0.1, 0.15) is 43.1 Å². The largest absolute Gasteiger partial charge is 0.292 e. The smallest absolute Gasteiger partial charge is 0.187 e. The minimum Gasteiger partial charge on any atom is -0.292 e. The number of aromatic nitrogens is 1. The lowest BCUT2D eigenvalue weighted by Gasteiger charge is -2.19. The normalized spacial score (nSPS) is 20.4. The van der Waals surface area contributed by atoms with Gasteiger partial charge in [0.05, 0.1) is 5.51 Å². The van der Waals surface area contributed by atoms with Gasteiger partial charge in [-0.05, 0) is 12.8 Å². The molecule has 1 aliphatic rings. The third-order valence-electron chi connectivity index (χ3n) is 2.92. The van der Waals surface area contributed by atoms with Gasteiger partial charge in [0.25, 0.3) is 0 Å². The lowest BCUT2D eigenvalue weighted by atomic mass is 9.83. The van der Waals surface area contributed by atoms with Gasteiger partial charge >= 0.3 is 0 Å². The zero-order valence-corrected chi connectivity index (χ0v) is 8.56. The van der Waals surface area contributed by atoms with Crippen molar-refractivity contribution in [2.45, 2.75) is 32.6 Å². The Kier molecular flexibility index (Phi) is 2.20. The Morgan fingerprint density at radius 1 is 1.54 bits per heavy atom. The molecule has 0 aromatic carbocycles. The molecule has 1 heterocycles. The van der Waals surface area contributed by atoms with Gasteiger partial charge in [0.1, 0.15) is 5.69 Å². The molecule has 0 radical (unpaired) electrons. The van der Waals surface area contributed by atoms with Crippen LogP contribution < -0.4 is 0 Å². The Labute approximate surface area is 82.0 Å². The Balaban J connectivity index is 2.21. The van der Waals surface area contributed by atoms with Crippen molar-refractivity contribution >= 4 is 17.1 Å². The number of nitrogens with zero attached hydrogens (tertiary/aromatic N) is 1. The summed E-state index contributed by atoms with van der Waals surface area (Å²) in [5, 5.41) is 1.85. The van der Waals surface area contributed by atoms with Gasteiger partial charge in [-0.25, -0.2) is 4.98 Å². The van der Waals surface area contributed by atoms with Crippen LogP contribution in [0, 0.1) is 5.41 Å². The number of hydrogen-bond donors (Lipinski definition) is 0. The molecular weight excluding hydrogens is 182 g/mol. The topological polar surface area (TPSA) is 30.0 Å². The molecule has 1 aromatic heterocycles. The molecule has 13 heavy (non-hydrogen) atoms. The monoisotopic (exact) mass is 195 g/mol. The zero-order valence-electron chi connectivity index (χ0n) is 7.75. The fourth-order valence-corrected chi connectivity index (χ4v) is 2.55. The number of thiazole rings is 1. The number of carbonyl (C=O) groups excluding carboxylic acids is 1. The highest BCUT2D eigenvalue weighted by atomic mass is 32.1. The number of ketones is 1. The molecule has 0 bridgehead atoms. The molecule has 3 heteroatoms. The fourth-order valence-electron chi connectivity index (χ4n) is 2.02. The van der Waals surface area contributed by atoms with Gasteiger partial charge in [0.2, 0.25) is 0 Å². The van der Waals surface area contributed by atoms with Crippen molar-refractivity contribution in [3.05, 3.63) is 16.6 Å². The quantitative estimate of drug-likeness (QED) is 0.679. The first-order valence-corrected chi connectivity index (χ1v) is 5.60. The minimum atomic E-state index is -0.117. The number of rotatable bonds is 2. The van der Waals surface area contributed by atoms with Gasteiger partial charge in [-0.2, -0.15) is 0 Å². The van der Waals surface area contributed by atoms with Crippen molar-refractivity contribution in [2.24, 2.45) is 5.41 Å². The molecule has 1 aromatic rings. The van der Waals surface area contributed by atoms with Crippen LogP contribution in [0.15, 0.2) is 10.9 Å². The predicted octanol–water partition coefficient (Wildman–Crippen LogP) is 2.91. The first kappa shape index (κ1) is 8.88. The van der Waals surface area contributed by atoms with E-state index in [0.717, 1.165) is 12.8 Å². The van der Waals surface area contributed by atoms with Crippen LogP contribution in [0.25, 0.3) is 0 Å². The molecule has 70 valence electrons. The summed E-state index contributed by atoms with van der Waals surface area (Å²) in [5.41, 5.74) is 2.27. The van der Waals surface area contributed by atoms with Crippen LogP contribution in [-0.4, -0.2) is 10.8 Å². The molecule has 1 fully saturated rings. The molecule has 2 rings (SSSR count). The van der Waals surface area contributed by atoms with E-state index in [-0.39, 0.29) is 11.2 Å². The summed E-state index contributed by atoms with van der Waals surface area (Å²) < 4.78 is 0. The highest BCUT2D eigenvalue weighted by Crippen LogP contribution is 2.40. The molecule has 0 unspecified atom stereocenters. The van der Waals surface area contributed by atoms with Crippen LogP contribution in [0.5, 0.6) is 0 Å². The summed E-state index contributed by atoms with van der Waals surface area (Å²) in [6.45, 7) is 2.07. The summed E-state index contributed by atoms with van der Waals surface area (Å²) in [6.07, 6.45) is 4.44. The Morgan fingerprint density at radius 2 is 2.23 bits per heavy atom. The summed E-state index contributed by atoms with van der Waals surface area (Å²) >= 11 is 1.49. The maximum absolute atomic E-state index is 12.0. The van der Waals surface area contributed by atoms with Crippen molar-refractivity contribution in [1.82, 2.24) is 4.98 Å². The van der Waals surface area contributed by atoms with E-state index in [9.17, 15) is 4.79 Å². The van der Waals surface area contributed by atoms with E-state index in [1.54, 1.807) is 5.51 Å². The molecular formula is C10H13NOS. The highest BCUT2D eigenvalue weighted by Gasteiger charge is 2.37. The van der Waals surface area contributed by atoms with Gasteiger partial charge in [-0.15, -0.1) is 11.3 Å². The van der Waals surface area contributed by atoms with E-state index in [2.05, 4.69) is 11.9 Å². The lowest BCUT2D eigenvalue weighted by Crippen LogP contribution is -2.24. The van der Waals surface area contributed by atoms with E-state index in [1.807, 2.05) is 5.38 Å². The van der Waals surface area contributed by atoms with Gasteiger partial charge in [0.15, 0.2) is 5.78 Å². The van der Waals surface area contributed by atoms with Gasteiger partial charge < -0.3 is 0 Å². The van der Waals surface area contributed by atoms with Crippen LogP contribution in [0.3, 0.4) is 0 Å². The van der Waals surface area contributed by atoms with Crippen LogP contribution in [-0.2, 0) is 0 Å². The van der Waals surface area contributed by atoms with E-state index in [0.29, 0.717) is 5.69 Å². The van der Waals surface area contributed by atoms with Crippen molar-refractivity contribution in [2.75, 3.05) is 0 Å². The maximum Gasteiger partial charge on any atom is 0.187 e. The van der Waals surface area contributed by atoms with Crippen LogP contribution in [0.2, 0.25) is 0 Å². The number of carbonyl (C=O) groups is 1. The van der Waals surface area contributed by atoms with Crippen molar-refractivity contribution in [3.63, 3.8) is 0 Å². The van der Waals surface area contributed by atoms with Gasteiger partial charge in [0, 0.05) is 10.8 Å². The summed E-state index contributed by atoms with van der Waals surface area (Å²) in [6, 6.07) is 0.